The number of carbonyl (C=O) groups is 1. The molecule has 1 saturated heterocycles. The van der Waals surface area contributed by atoms with Crippen LogP contribution in [0.1, 0.15) is 18.4 Å². The fourth-order valence-corrected chi connectivity index (χ4v) is 2.87. The molecule has 1 amide bonds. The van der Waals surface area contributed by atoms with Crippen molar-refractivity contribution in [3.05, 3.63) is 58.5 Å². The highest BCUT2D eigenvalue weighted by molar-refractivity contribution is 5.79. The number of anilines is 1. The molecule has 1 aromatic carbocycles. The number of aromatic nitrogens is 2. The standard InChI is InChI=1S/C17H20N4O2/c22-16-10-15(12-19-20-16)21-8-6-14(7-9-21)17(23)18-11-13-4-2-1-3-5-13/h1-5,10,12,14H,6-9,11H2,(H,18,23)(H,20,22). The Morgan fingerprint density at radius 1 is 1.26 bits per heavy atom. The van der Waals surface area contributed by atoms with E-state index >= 15 is 0 Å². The van der Waals surface area contributed by atoms with Gasteiger partial charge in [-0.15, -0.1) is 0 Å². The summed E-state index contributed by atoms with van der Waals surface area (Å²) in [6, 6.07) is 11.4. The van der Waals surface area contributed by atoms with Gasteiger partial charge in [-0.1, -0.05) is 30.3 Å². The zero-order valence-electron chi connectivity index (χ0n) is 12.9. The molecular formula is C17H20N4O2. The molecule has 0 aliphatic carbocycles. The number of rotatable bonds is 4. The van der Waals surface area contributed by atoms with Gasteiger partial charge in [0, 0.05) is 31.6 Å². The number of hydrogen-bond donors (Lipinski definition) is 2. The lowest BCUT2D eigenvalue weighted by Gasteiger charge is -2.32. The van der Waals surface area contributed by atoms with Gasteiger partial charge in [0.05, 0.1) is 11.9 Å². The van der Waals surface area contributed by atoms with Gasteiger partial charge in [-0.2, -0.15) is 5.10 Å². The molecule has 1 fully saturated rings. The average molecular weight is 312 g/mol. The summed E-state index contributed by atoms with van der Waals surface area (Å²) in [5.41, 5.74) is 1.72. The molecule has 6 nitrogen and oxygen atoms in total. The summed E-state index contributed by atoms with van der Waals surface area (Å²) in [7, 11) is 0. The first-order valence-corrected chi connectivity index (χ1v) is 7.84. The number of nitrogens with one attached hydrogen (secondary N) is 2. The van der Waals surface area contributed by atoms with Crippen LogP contribution in [-0.2, 0) is 11.3 Å². The summed E-state index contributed by atoms with van der Waals surface area (Å²) in [5.74, 6) is 0.141. The largest absolute Gasteiger partial charge is 0.370 e. The van der Waals surface area contributed by atoms with Crippen LogP contribution in [0.3, 0.4) is 0 Å². The number of piperidine rings is 1. The molecule has 6 heteroatoms. The summed E-state index contributed by atoms with van der Waals surface area (Å²) in [5, 5.41) is 9.20. The van der Waals surface area contributed by atoms with Crippen molar-refractivity contribution >= 4 is 11.6 Å². The second-order valence-electron chi connectivity index (χ2n) is 5.77. The predicted molar refractivity (Wildman–Crippen MR) is 88.1 cm³/mol. The number of carbonyl (C=O) groups excluding carboxylic acids is 1. The van der Waals surface area contributed by atoms with Crippen molar-refractivity contribution in [3.63, 3.8) is 0 Å². The zero-order chi connectivity index (χ0) is 16.1. The molecule has 1 aromatic heterocycles. The number of aromatic amines is 1. The maximum atomic E-state index is 12.3. The third-order valence-corrected chi connectivity index (χ3v) is 4.19. The van der Waals surface area contributed by atoms with E-state index in [2.05, 4.69) is 20.4 Å². The summed E-state index contributed by atoms with van der Waals surface area (Å²) in [6.45, 7) is 2.08. The number of benzene rings is 1. The molecule has 1 aliphatic rings. The minimum Gasteiger partial charge on any atom is -0.370 e. The lowest BCUT2D eigenvalue weighted by Crippen LogP contribution is -2.40. The Kier molecular flexibility index (Phi) is 4.71. The Bertz CT molecular complexity index is 706. The van der Waals surface area contributed by atoms with Gasteiger partial charge in [0.2, 0.25) is 5.91 Å². The van der Waals surface area contributed by atoms with Crippen LogP contribution in [0.15, 0.2) is 47.4 Å². The maximum absolute atomic E-state index is 12.3. The van der Waals surface area contributed by atoms with Crippen molar-refractivity contribution in [3.8, 4) is 0 Å². The molecule has 2 aromatic rings. The van der Waals surface area contributed by atoms with Crippen LogP contribution < -0.4 is 15.8 Å². The van der Waals surface area contributed by atoms with E-state index in [1.807, 2.05) is 30.3 Å². The molecule has 2 heterocycles. The van der Waals surface area contributed by atoms with Crippen LogP contribution in [0, 0.1) is 5.92 Å². The van der Waals surface area contributed by atoms with Gasteiger partial charge >= 0.3 is 0 Å². The van der Waals surface area contributed by atoms with E-state index in [0.29, 0.717) is 6.54 Å². The van der Waals surface area contributed by atoms with Crippen LogP contribution in [-0.4, -0.2) is 29.2 Å². The monoisotopic (exact) mass is 312 g/mol. The molecule has 2 N–H and O–H groups in total. The maximum Gasteiger partial charge on any atom is 0.266 e. The molecule has 0 atom stereocenters. The zero-order valence-corrected chi connectivity index (χ0v) is 12.9. The quantitative estimate of drug-likeness (QED) is 0.892. The Morgan fingerprint density at radius 2 is 2.00 bits per heavy atom. The van der Waals surface area contributed by atoms with Crippen molar-refractivity contribution in [2.45, 2.75) is 19.4 Å². The first-order chi connectivity index (χ1) is 11.2. The molecule has 0 radical (unpaired) electrons. The molecular weight excluding hydrogens is 292 g/mol. The van der Waals surface area contributed by atoms with Crippen LogP contribution in [0.4, 0.5) is 5.69 Å². The Balaban J connectivity index is 1.50. The SMILES string of the molecule is O=C(NCc1ccccc1)C1CCN(c2cn[nH]c(=O)c2)CC1. The van der Waals surface area contributed by atoms with Crippen LogP contribution >= 0.6 is 0 Å². The smallest absolute Gasteiger partial charge is 0.266 e. The van der Waals surface area contributed by atoms with Crippen molar-refractivity contribution in [1.29, 1.82) is 0 Å². The molecule has 0 bridgehead atoms. The first-order valence-electron chi connectivity index (χ1n) is 7.84. The van der Waals surface area contributed by atoms with Crippen LogP contribution in [0.5, 0.6) is 0 Å². The lowest BCUT2D eigenvalue weighted by molar-refractivity contribution is -0.125. The van der Waals surface area contributed by atoms with Gasteiger partial charge in [-0.3, -0.25) is 9.59 Å². The van der Waals surface area contributed by atoms with E-state index in [1.54, 1.807) is 12.3 Å². The second kappa shape index (κ2) is 7.09. The number of H-pyrrole nitrogens is 1. The minimum atomic E-state index is -0.203. The van der Waals surface area contributed by atoms with Crippen LogP contribution in [0.2, 0.25) is 0 Å². The summed E-state index contributed by atoms with van der Waals surface area (Å²) < 4.78 is 0. The Labute approximate surface area is 134 Å². The number of amides is 1. The topological polar surface area (TPSA) is 78.1 Å². The molecule has 120 valence electrons. The molecule has 0 saturated carbocycles. The highest BCUT2D eigenvalue weighted by Gasteiger charge is 2.25. The van der Waals surface area contributed by atoms with Crippen molar-refractivity contribution in [1.82, 2.24) is 15.5 Å². The van der Waals surface area contributed by atoms with Crippen molar-refractivity contribution < 1.29 is 4.79 Å². The van der Waals surface area contributed by atoms with Gasteiger partial charge < -0.3 is 10.2 Å². The molecule has 23 heavy (non-hydrogen) atoms. The highest BCUT2D eigenvalue weighted by atomic mass is 16.2. The van der Waals surface area contributed by atoms with Gasteiger partial charge in [0.15, 0.2) is 0 Å². The fourth-order valence-electron chi connectivity index (χ4n) is 2.87. The van der Waals surface area contributed by atoms with E-state index in [1.165, 1.54) is 0 Å². The first kappa shape index (κ1) is 15.3. The van der Waals surface area contributed by atoms with E-state index in [-0.39, 0.29) is 17.4 Å². The normalized spacial score (nSPS) is 15.4. The predicted octanol–water partition coefficient (Wildman–Crippen LogP) is 1.30. The van der Waals surface area contributed by atoms with Gasteiger partial charge in [0.25, 0.3) is 5.56 Å². The molecule has 0 spiro atoms. The van der Waals surface area contributed by atoms with Gasteiger partial charge in [-0.05, 0) is 18.4 Å². The Morgan fingerprint density at radius 3 is 2.70 bits per heavy atom. The number of nitrogens with zero attached hydrogens (tertiary/aromatic N) is 2. The van der Waals surface area contributed by atoms with Crippen LogP contribution in [0.25, 0.3) is 0 Å². The molecule has 0 unspecified atom stereocenters. The number of hydrogen-bond acceptors (Lipinski definition) is 4. The van der Waals surface area contributed by atoms with Gasteiger partial charge in [0.1, 0.15) is 0 Å². The Hall–Kier alpha value is -2.63. The van der Waals surface area contributed by atoms with E-state index < -0.39 is 0 Å². The van der Waals surface area contributed by atoms with Crippen molar-refractivity contribution in [2.24, 2.45) is 5.92 Å². The van der Waals surface area contributed by atoms with Gasteiger partial charge in [-0.25, -0.2) is 5.10 Å². The fraction of sp³-hybridized carbons (Fsp3) is 0.353. The minimum absolute atomic E-state index is 0.0323. The van der Waals surface area contributed by atoms with E-state index in [9.17, 15) is 9.59 Å². The summed E-state index contributed by atoms with van der Waals surface area (Å²) >= 11 is 0. The average Bonchev–Trinajstić information content (AvgIpc) is 2.61. The third-order valence-electron chi connectivity index (χ3n) is 4.19. The van der Waals surface area contributed by atoms with E-state index in [4.69, 9.17) is 0 Å². The lowest BCUT2D eigenvalue weighted by atomic mass is 9.95. The second-order valence-corrected chi connectivity index (χ2v) is 5.77. The summed E-state index contributed by atoms with van der Waals surface area (Å²) in [4.78, 5) is 25.7. The van der Waals surface area contributed by atoms with E-state index in [0.717, 1.165) is 37.2 Å². The highest BCUT2D eigenvalue weighted by Crippen LogP contribution is 2.21. The summed E-state index contributed by atoms with van der Waals surface area (Å²) in [6.07, 6.45) is 3.22. The third kappa shape index (κ3) is 3.97. The van der Waals surface area contributed by atoms with Crippen molar-refractivity contribution in [2.75, 3.05) is 18.0 Å². The molecule has 3 rings (SSSR count). The molecule has 1 aliphatic heterocycles.